The van der Waals surface area contributed by atoms with Crippen LogP contribution in [0.3, 0.4) is 0 Å². The minimum Gasteiger partial charge on any atom is -0.492 e. The van der Waals surface area contributed by atoms with Gasteiger partial charge >= 0.3 is 17.8 Å². The lowest BCUT2D eigenvalue weighted by Gasteiger charge is -2.38. The summed E-state index contributed by atoms with van der Waals surface area (Å²) in [6.45, 7) is 5.93. The molecule has 3 aromatic heterocycles. The van der Waals surface area contributed by atoms with Gasteiger partial charge in [0.2, 0.25) is 11.8 Å². The smallest absolute Gasteiger partial charge is 0.407 e. The van der Waals surface area contributed by atoms with Crippen molar-refractivity contribution in [3.05, 3.63) is 82.4 Å². The van der Waals surface area contributed by atoms with Crippen molar-refractivity contribution in [3.8, 4) is 23.0 Å². The van der Waals surface area contributed by atoms with Gasteiger partial charge < -0.3 is 29.5 Å². The van der Waals surface area contributed by atoms with E-state index in [4.69, 9.17) is 19.2 Å². The fourth-order valence-electron chi connectivity index (χ4n) is 11.1. The maximum atomic E-state index is 17.1. The third-order valence-electron chi connectivity index (χ3n) is 14.5. The Morgan fingerprint density at radius 3 is 2.65 bits per heavy atom. The summed E-state index contributed by atoms with van der Waals surface area (Å²) in [5.41, 5.74) is 0.328. The number of piperidine rings is 2. The quantitative estimate of drug-likeness (QED) is 0.0923. The Morgan fingerprint density at radius 2 is 1.84 bits per heavy atom. The lowest BCUT2D eigenvalue weighted by molar-refractivity contribution is -0.135. The first-order valence-corrected chi connectivity index (χ1v) is 23.8. The molecule has 4 aliphatic heterocycles. The number of hydrogen-bond donors (Lipinski definition) is 3. The Morgan fingerprint density at radius 1 is 1.00 bits per heavy atom. The second-order valence-electron chi connectivity index (χ2n) is 19.0. The highest BCUT2D eigenvalue weighted by Gasteiger charge is 2.50. The van der Waals surface area contributed by atoms with Crippen LogP contribution >= 0.6 is 0 Å². The van der Waals surface area contributed by atoms with Crippen LogP contribution in [0, 0.1) is 11.6 Å². The number of aromatic nitrogens is 5. The van der Waals surface area contributed by atoms with E-state index in [1.165, 1.54) is 15.2 Å². The number of aliphatic hydroxyl groups is 1. The number of ether oxygens (including phenoxy) is 3. The van der Waals surface area contributed by atoms with Crippen LogP contribution in [0.2, 0.25) is 0 Å². The number of aryl methyl sites for hydroxylation is 2. The van der Waals surface area contributed by atoms with Crippen LogP contribution in [-0.2, 0) is 27.8 Å². The number of anilines is 1. The predicted molar refractivity (Wildman–Crippen MR) is 252 cm³/mol. The van der Waals surface area contributed by atoms with E-state index in [0.717, 1.165) is 37.6 Å². The molecule has 0 radical (unpaired) electrons. The number of carbonyl (C=O) groups excluding carboxylic acids is 3. The van der Waals surface area contributed by atoms with E-state index in [1.807, 2.05) is 17.9 Å². The molecule has 4 aliphatic rings. The van der Waals surface area contributed by atoms with Gasteiger partial charge in [-0.15, -0.1) is 0 Å². The first-order valence-electron chi connectivity index (χ1n) is 23.8. The Labute approximate surface area is 395 Å². The zero-order chi connectivity index (χ0) is 48.2. The number of fused-ring (bicyclic) bond motifs is 4. The maximum absolute atomic E-state index is 17.1. The molecular weight excluding hydrogens is 893 g/mol. The van der Waals surface area contributed by atoms with Crippen LogP contribution in [0.15, 0.2) is 59.5 Å². The van der Waals surface area contributed by atoms with Crippen LogP contribution in [0.5, 0.6) is 11.8 Å². The number of nitrogens with one attached hydrogen (secondary N) is 2. The standard InChI is InChI=1S/C50H55F2N9O8/c1-4-32-35(51)12-10-29-8-5-9-33(40(29)32)42-41(52)43-34(25-54-42)44(59-21-6-17-49(2,66)27-59)57-46(56-43)69-28-50-18-7-22-60(50)30(16-19-50)26-68-47(64)53-20-23-67-31-11-13-36-38(24-31)58(3)48(65)61(36)37-14-15-39(62)55-45(37)63/h5,8-13,24-25,30,37,66H,4,6-7,14-23,26-28H2,1-3H3,(H,53,64)(H,55,62,63)/t30-,37?,49+,50-/m0/s1. The van der Waals surface area contributed by atoms with E-state index in [-0.39, 0.29) is 92.0 Å². The fourth-order valence-corrected chi connectivity index (χ4v) is 11.1. The number of pyridine rings is 1. The number of rotatable bonds is 13. The Balaban J connectivity index is 0.801. The van der Waals surface area contributed by atoms with Crippen molar-refractivity contribution < 1.29 is 42.5 Å². The highest BCUT2D eigenvalue weighted by atomic mass is 19.1. The van der Waals surface area contributed by atoms with Gasteiger partial charge in [0, 0.05) is 50.4 Å². The summed E-state index contributed by atoms with van der Waals surface area (Å²) >= 11 is 0. The lowest BCUT2D eigenvalue weighted by atomic mass is 9.94. The number of carbonyl (C=O) groups is 3. The monoisotopic (exact) mass is 947 g/mol. The number of imide groups is 1. The van der Waals surface area contributed by atoms with Gasteiger partial charge in [-0.3, -0.25) is 33.9 Å². The topological polar surface area (TPSA) is 195 Å². The number of hydrogen-bond acceptors (Lipinski definition) is 13. The van der Waals surface area contributed by atoms with Crippen molar-refractivity contribution in [1.82, 2.24) is 39.6 Å². The number of amides is 3. The normalized spacial score (nSPS) is 22.9. The Hall–Kier alpha value is -6.73. The first-order chi connectivity index (χ1) is 33.2. The number of imidazole rings is 1. The zero-order valence-corrected chi connectivity index (χ0v) is 38.9. The van der Waals surface area contributed by atoms with E-state index in [0.29, 0.717) is 70.3 Å². The van der Waals surface area contributed by atoms with E-state index in [1.54, 1.807) is 56.6 Å². The fraction of sp³-hybridized carbons (Fsp3) is 0.460. The molecule has 3 aromatic carbocycles. The predicted octanol–water partition coefficient (Wildman–Crippen LogP) is 5.85. The SMILES string of the molecule is CCc1c(F)ccc2cccc(-c3ncc4c(N5CCC[C@@](C)(O)C5)nc(OC[C@@]56CCCN5[C@H](COC(=O)NCCOc5ccc7c(c5)n(C)c(=O)n7C5CCC(=O)NC5=O)CC6)nc4c3F)c12. The third-order valence-corrected chi connectivity index (χ3v) is 14.5. The first kappa shape index (κ1) is 46.0. The summed E-state index contributed by atoms with van der Waals surface area (Å²) < 4.78 is 53.2. The molecule has 19 heteroatoms. The molecule has 4 atom stereocenters. The van der Waals surface area contributed by atoms with E-state index >= 15 is 8.78 Å². The molecule has 69 heavy (non-hydrogen) atoms. The minimum atomic E-state index is -0.989. The van der Waals surface area contributed by atoms with Gasteiger partial charge in [-0.2, -0.15) is 9.97 Å². The Bertz CT molecular complexity index is 3090. The van der Waals surface area contributed by atoms with Gasteiger partial charge in [0.15, 0.2) is 5.82 Å². The molecule has 0 saturated carbocycles. The summed E-state index contributed by atoms with van der Waals surface area (Å²) in [6, 6.07) is 12.8. The highest BCUT2D eigenvalue weighted by Crippen LogP contribution is 2.44. The highest BCUT2D eigenvalue weighted by molar-refractivity contribution is 6.01. The van der Waals surface area contributed by atoms with Gasteiger partial charge in [-0.1, -0.05) is 31.2 Å². The van der Waals surface area contributed by atoms with Crippen LogP contribution in [0.4, 0.5) is 19.4 Å². The third kappa shape index (κ3) is 8.59. The maximum Gasteiger partial charge on any atom is 0.407 e. The van der Waals surface area contributed by atoms with Crippen molar-refractivity contribution in [2.75, 3.05) is 50.9 Å². The van der Waals surface area contributed by atoms with Crippen LogP contribution < -0.4 is 30.7 Å². The average Bonchev–Trinajstić information content (AvgIpc) is 3.98. The molecular formula is C50H55F2N9O8. The molecule has 6 aromatic rings. The minimum absolute atomic E-state index is 0.00547. The van der Waals surface area contributed by atoms with Gasteiger partial charge in [0.25, 0.3) is 0 Å². The van der Waals surface area contributed by atoms with Crippen molar-refractivity contribution in [3.63, 3.8) is 0 Å². The molecule has 0 bridgehead atoms. The van der Waals surface area contributed by atoms with Gasteiger partial charge in [0.05, 0.1) is 34.1 Å². The molecule has 4 saturated heterocycles. The summed E-state index contributed by atoms with van der Waals surface area (Å²) in [7, 11) is 1.60. The van der Waals surface area contributed by atoms with Crippen molar-refractivity contribution >= 4 is 56.4 Å². The lowest BCUT2D eigenvalue weighted by Crippen LogP contribution is -2.48. The molecule has 17 nitrogen and oxygen atoms in total. The van der Waals surface area contributed by atoms with Crippen molar-refractivity contribution in [2.45, 2.75) is 94.9 Å². The van der Waals surface area contributed by atoms with E-state index < -0.39 is 29.5 Å². The number of halogens is 2. The van der Waals surface area contributed by atoms with Gasteiger partial charge in [-0.05, 0) is 99.4 Å². The summed E-state index contributed by atoms with van der Waals surface area (Å²) in [5, 5.41) is 17.9. The molecule has 4 fully saturated rings. The average molecular weight is 948 g/mol. The number of nitrogens with zero attached hydrogens (tertiary/aromatic N) is 7. The Kier molecular flexibility index (Phi) is 12.2. The second-order valence-corrected chi connectivity index (χ2v) is 19.0. The molecule has 0 spiro atoms. The van der Waals surface area contributed by atoms with Gasteiger partial charge in [0.1, 0.15) is 54.5 Å². The number of β-amino-alcohol motifs (C(OH)–C–C–N with tert-alkyl or cyclic N) is 1. The molecule has 7 heterocycles. The van der Waals surface area contributed by atoms with Gasteiger partial charge in [-0.25, -0.2) is 18.4 Å². The number of alkyl carbamates (subject to hydrolysis) is 1. The summed E-state index contributed by atoms with van der Waals surface area (Å²) in [5.74, 6) is -1.04. The van der Waals surface area contributed by atoms with Crippen molar-refractivity contribution in [2.24, 2.45) is 7.05 Å². The molecule has 1 unspecified atom stereocenters. The van der Waals surface area contributed by atoms with E-state index in [2.05, 4.69) is 25.5 Å². The second kappa shape index (κ2) is 18.3. The summed E-state index contributed by atoms with van der Waals surface area (Å²) in [6.07, 6.45) is 6.34. The molecule has 0 aliphatic carbocycles. The largest absolute Gasteiger partial charge is 0.492 e. The van der Waals surface area contributed by atoms with Crippen LogP contribution in [0.25, 0.3) is 44.0 Å². The van der Waals surface area contributed by atoms with E-state index in [9.17, 15) is 24.3 Å². The molecule has 3 N–H and O–H groups in total. The van der Waals surface area contributed by atoms with Crippen LogP contribution in [-0.4, -0.2) is 115 Å². The number of benzene rings is 3. The summed E-state index contributed by atoms with van der Waals surface area (Å²) in [4.78, 5) is 68.7. The molecule has 362 valence electrons. The van der Waals surface area contributed by atoms with Crippen LogP contribution in [0.1, 0.15) is 76.8 Å². The molecule has 3 amide bonds. The molecule has 10 rings (SSSR count). The zero-order valence-electron chi connectivity index (χ0n) is 38.9. The van der Waals surface area contributed by atoms with Crippen molar-refractivity contribution in [1.29, 1.82) is 0 Å².